The summed E-state index contributed by atoms with van der Waals surface area (Å²) in [6, 6.07) is 19.7. The minimum absolute atomic E-state index is 0.178. The molecule has 0 saturated carbocycles. The minimum Gasteiger partial charge on any atom is -0.497 e. The molecule has 0 saturated heterocycles. The first-order valence-corrected chi connectivity index (χ1v) is 15.3. The molecule has 0 fully saturated rings. The van der Waals surface area contributed by atoms with E-state index in [1.807, 2.05) is 54.6 Å². The monoisotopic (exact) mass is 708 g/mol. The molecule has 2 heterocycles. The van der Waals surface area contributed by atoms with Gasteiger partial charge >= 0.3 is 5.97 Å². The molecule has 3 aromatic carbocycles. The van der Waals surface area contributed by atoms with Gasteiger partial charge in [-0.1, -0.05) is 66.5 Å². The number of benzene rings is 3. The number of hydrogen-bond acceptors (Lipinski definition) is 8. The average molecular weight is 709 g/mol. The van der Waals surface area contributed by atoms with E-state index < -0.39 is 12.0 Å². The van der Waals surface area contributed by atoms with Crippen molar-refractivity contribution in [2.24, 2.45) is 4.99 Å². The summed E-state index contributed by atoms with van der Waals surface area (Å²) in [5.41, 5.74) is 2.70. The van der Waals surface area contributed by atoms with E-state index in [2.05, 4.69) is 29.2 Å². The second kappa shape index (κ2) is 13.4. The predicted octanol–water partition coefficient (Wildman–Crippen LogP) is 5.12. The van der Waals surface area contributed by atoms with Crippen LogP contribution in [0.3, 0.4) is 0 Å². The van der Waals surface area contributed by atoms with Crippen LogP contribution in [-0.2, 0) is 9.53 Å². The number of carbonyl (C=O) groups excluding carboxylic acids is 1. The van der Waals surface area contributed by atoms with Gasteiger partial charge in [0.25, 0.3) is 5.56 Å². The fourth-order valence-electron chi connectivity index (χ4n) is 4.80. The van der Waals surface area contributed by atoms with Crippen LogP contribution in [0.1, 0.15) is 29.7 Å². The zero-order chi connectivity index (χ0) is 30.5. The molecular weight excluding hydrogens is 679 g/mol. The molecule has 43 heavy (non-hydrogen) atoms. The molecule has 1 atom stereocenters. The number of carbonyl (C=O) groups is 1. The van der Waals surface area contributed by atoms with Crippen molar-refractivity contribution < 1.29 is 23.7 Å². The zero-order valence-corrected chi connectivity index (χ0v) is 26.8. The Labute approximate surface area is 266 Å². The van der Waals surface area contributed by atoms with Crippen LogP contribution >= 0.6 is 33.9 Å². The highest BCUT2D eigenvalue weighted by molar-refractivity contribution is 14.1. The maximum absolute atomic E-state index is 14.2. The van der Waals surface area contributed by atoms with Crippen molar-refractivity contribution in [3.8, 4) is 17.2 Å². The highest BCUT2D eigenvalue weighted by Crippen LogP contribution is 2.36. The Hall–Kier alpha value is -4.16. The van der Waals surface area contributed by atoms with Crippen LogP contribution in [0.15, 0.2) is 94.7 Å². The van der Waals surface area contributed by atoms with Gasteiger partial charge in [-0.3, -0.25) is 9.36 Å². The molecule has 8 nitrogen and oxygen atoms in total. The summed E-state index contributed by atoms with van der Waals surface area (Å²) in [7, 11) is 3.16. The maximum Gasteiger partial charge on any atom is 0.338 e. The first-order valence-electron chi connectivity index (χ1n) is 13.4. The second-order valence-corrected chi connectivity index (χ2v) is 11.5. The van der Waals surface area contributed by atoms with Gasteiger partial charge in [0.15, 0.2) is 16.3 Å². The summed E-state index contributed by atoms with van der Waals surface area (Å²) in [4.78, 5) is 33.1. The molecular formula is C33H29IN2O6S. The van der Waals surface area contributed by atoms with Gasteiger partial charge in [-0.05, 0) is 71.0 Å². The van der Waals surface area contributed by atoms with Crippen LogP contribution in [0.2, 0.25) is 0 Å². The molecule has 0 N–H and O–H groups in total. The van der Waals surface area contributed by atoms with E-state index in [4.69, 9.17) is 23.9 Å². The van der Waals surface area contributed by atoms with Crippen LogP contribution in [-0.4, -0.2) is 38.0 Å². The predicted molar refractivity (Wildman–Crippen MR) is 175 cm³/mol. The van der Waals surface area contributed by atoms with Crippen molar-refractivity contribution in [1.29, 1.82) is 0 Å². The van der Waals surface area contributed by atoms with Crippen LogP contribution in [0.25, 0.3) is 11.8 Å². The molecule has 1 aromatic heterocycles. The first kappa shape index (κ1) is 30.3. The number of ether oxygens (including phenoxy) is 4. The molecule has 4 aromatic rings. The lowest BCUT2D eigenvalue weighted by Crippen LogP contribution is -2.40. The van der Waals surface area contributed by atoms with Gasteiger partial charge in [-0.15, -0.1) is 0 Å². The maximum atomic E-state index is 14.2. The van der Waals surface area contributed by atoms with E-state index in [9.17, 15) is 9.59 Å². The van der Waals surface area contributed by atoms with Gasteiger partial charge in [0.05, 0.1) is 46.2 Å². The van der Waals surface area contributed by atoms with Gasteiger partial charge in [0.1, 0.15) is 12.4 Å². The number of halogens is 1. The van der Waals surface area contributed by atoms with Gasteiger partial charge < -0.3 is 18.9 Å². The standard InChI is InChI=1S/C33H29IN2O6S/c1-5-16-42-30-24(34)17-20(18-25(30)40-4)19-26-31(37)36-29(22-12-14-23(39-3)15-13-22)27(32(38)41-6-2)28(35-33(36)43-26)21-10-8-7-9-11-21/h5,7-15,17-19,29H,1,6,16H2,2-4H3/b26-19-/t29-/m1/s1. The van der Waals surface area contributed by atoms with Crippen molar-refractivity contribution in [3.63, 3.8) is 0 Å². The summed E-state index contributed by atoms with van der Waals surface area (Å²) in [6.07, 6.45) is 3.46. The SMILES string of the molecule is C=CCOc1c(I)cc(/C=c2\sc3n(c2=O)[C@H](c2ccc(OC)cc2)C(C(=O)OCC)=C(c2ccccc2)N=3)cc1OC. The number of methoxy groups -OCH3 is 2. The number of hydrogen-bond donors (Lipinski definition) is 0. The quantitative estimate of drug-likeness (QED) is 0.129. The fraction of sp³-hybridized carbons (Fsp3) is 0.182. The summed E-state index contributed by atoms with van der Waals surface area (Å²) < 4.78 is 25.1. The van der Waals surface area contributed by atoms with Crippen LogP contribution in [0.5, 0.6) is 17.2 Å². The van der Waals surface area contributed by atoms with E-state index in [-0.39, 0.29) is 17.7 Å². The number of aromatic nitrogens is 1. The van der Waals surface area contributed by atoms with Gasteiger partial charge in [0, 0.05) is 5.56 Å². The number of esters is 1. The molecule has 0 aliphatic carbocycles. The molecule has 10 heteroatoms. The third-order valence-electron chi connectivity index (χ3n) is 6.70. The third kappa shape index (κ3) is 6.16. The number of rotatable bonds is 10. The Bertz CT molecular complexity index is 1880. The lowest BCUT2D eigenvalue weighted by molar-refractivity contribution is -0.138. The number of thiazole rings is 1. The van der Waals surface area contributed by atoms with E-state index in [1.54, 1.807) is 50.0 Å². The Morgan fingerprint density at radius 2 is 1.84 bits per heavy atom. The Balaban J connectivity index is 1.76. The highest BCUT2D eigenvalue weighted by atomic mass is 127. The minimum atomic E-state index is -0.775. The van der Waals surface area contributed by atoms with Gasteiger partial charge in [0.2, 0.25) is 0 Å². The van der Waals surface area contributed by atoms with Crippen molar-refractivity contribution >= 4 is 51.7 Å². The summed E-state index contributed by atoms with van der Waals surface area (Å²) >= 11 is 3.44. The number of fused-ring (bicyclic) bond motifs is 1. The highest BCUT2D eigenvalue weighted by Gasteiger charge is 2.35. The molecule has 5 rings (SSSR count). The third-order valence-corrected chi connectivity index (χ3v) is 8.48. The largest absolute Gasteiger partial charge is 0.497 e. The Morgan fingerprint density at radius 1 is 1.09 bits per heavy atom. The van der Waals surface area contributed by atoms with Crippen LogP contribution in [0.4, 0.5) is 0 Å². The Kier molecular flexibility index (Phi) is 9.46. The number of nitrogens with zero attached hydrogens (tertiary/aromatic N) is 2. The Morgan fingerprint density at radius 3 is 2.49 bits per heavy atom. The molecule has 0 spiro atoms. The normalized spacial score (nSPS) is 14.5. The summed E-state index contributed by atoms with van der Waals surface area (Å²) in [6.45, 7) is 5.97. The fourth-order valence-corrected chi connectivity index (χ4v) is 6.58. The zero-order valence-electron chi connectivity index (χ0n) is 23.8. The van der Waals surface area contributed by atoms with E-state index in [0.29, 0.717) is 38.9 Å². The molecule has 0 radical (unpaired) electrons. The van der Waals surface area contributed by atoms with Crippen molar-refractivity contribution in [3.05, 3.63) is 125 Å². The van der Waals surface area contributed by atoms with E-state index in [0.717, 1.165) is 20.3 Å². The molecule has 220 valence electrons. The summed E-state index contributed by atoms with van der Waals surface area (Å²) in [5.74, 6) is 1.27. The van der Waals surface area contributed by atoms with Gasteiger partial charge in [-0.2, -0.15) is 0 Å². The molecule has 0 unspecified atom stereocenters. The molecule has 0 amide bonds. The second-order valence-electron chi connectivity index (χ2n) is 9.34. The van der Waals surface area contributed by atoms with E-state index >= 15 is 0 Å². The molecule has 1 aliphatic rings. The molecule has 0 bridgehead atoms. The molecule has 1 aliphatic heterocycles. The lowest BCUT2D eigenvalue weighted by atomic mass is 9.93. The van der Waals surface area contributed by atoms with Crippen LogP contribution in [0, 0.1) is 3.57 Å². The first-order chi connectivity index (χ1) is 20.9. The van der Waals surface area contributed by atoms with Crippen LogP contribution < -0.4 is 29.1 Å². The average Bonchev–Trinajstić information content (AvgIpc) is 3.34. The topological polar surface area (TPSA) is 88.4 Å². The van der Waals surface area contributed by atoms with Crippen molar-refractivity contribution in [2.75, 3.05) is 27.4 Å². The van der Waals surface area contributed by atoms with Crippen molar-refractivity contribution in [2.45, 2.75) is 13.0 Å². The van der Waals surface area contributed by atoms with Gasteiger partial charge in [-0.25, -0.2) is 9.79 Å². The smallest absolute Gasteiger partial charge is 0.338 e. The van der Waals surface area contributed by atoms with Crippen molar-refractivity contribution in [1.82, 2.24) is 4.57 Å². The van der Waals surface area contributed by atoms with E-state index in [1.165, 1.54) is 11.3 Å². The lowest BCUT2D eigenvalue weighted by Gasteiger charge is -2.26. The summed E-state index contributed by atoms with van der Waals surface area (Å²) in [5, 5.41) is 0.